The maximum Gasteiger partial charge on any atom is 0.358 e. The first-order chi connectivity index (χ1) is 11.1. The fourth-order valence-electron chi connectivity index (χ4n) is 2.13. The fraction of sp³-hybridized carbons (Fsp3) is 0.200. The van der Waals surface area contributed by atoms with Crippen molar-refractivity contribution in [2.45, 2.75) is 0 Å². The predicted octanol–water partition coefficient (Wildman–Crippen LogP) is 1.46. The van der Waals surface area contributed by atoms with Crippen LogP contribution in [0.25, 0.3) is 17.1 Å². The second kappa shape index (κ2) is 5.91. The van der Waals surface area contributed by atoms with Crippen molar-refractivity contribution < 1.29 is 14.3 Å². The highest BCUT2D eigenvalue weighted by Gasteiger charge is 2.18. The van der Waals surface area contributed by atoms with Crippen LogP contribution in [0.4, 0.5) is 0 Å². The quantitative estimate of drug-likeness (QED) is 0.678. The van der Waals surface area contributed by atoms with E-state index in [1.165, 1.54) is 7.11 Å². The molecular formula is C15H15N5O3. The van der Waals surface area contributed by atoms with Crippen LogP contribution >= 0.6 is 0 Å². The van der Waals surface area contributed by atoms with Crippen molar-refractivity contribution in [3.05, 3.63) is 42.4 Å². The van der Waals surface area contributed by atoms with Crippen LogP contribution in [0.2, 0.25) is 0 Å². The normalized spacial score (nSPS) is 10.6. The first kappa shape index (κ1) is 14.8. The topological polar surface area (TPSA) is 84.1 Å². The van der Waals surface area contributed by atoms with E-state index in [2.05, 4.69) is 15.2 Å². The smallest absolute Gasteiger partial charge is 0.358 e. The van der Waals surface area contributed by atoms with Gasteiger partial charge in [-0.05, 0) is 12.1 Å². The first-order valence-electron chi connectivity index (χ1n) is 6.81. The molecule has 0 saturated heterocycles. The van der Waals surface area contributed by atoms with E-state index in [9.17, 15) is 4.79 Å². The molecule has 0 unspecified atom stereocenters. The third kappa shape index (κ3) is 2.78. The minimum Gasteiger partial charge on any atom is -0.481 e. The zero-order valence-electron chi connectivity index (χ0n) is 12.9. The molecule has 3 aromatic rings. The van der Waals surface area contributed by atoms with Crippen LogP contribution in [0.15, 0.2) is 36.7 Å². The number of aryl methyl sites for hydroxylation is 1. The van der Waals surface area contributed by atoms with Crippen molar-refractivity contribution in [1.82, 2.24) is 24.5 Å². The van der Waals surface area contributed by atoms with Crippen LogP contribution in [-0.2, 0) is 11.8 Å². The van der Waals surface area contributed by atoms with E-state index in [1.54, 1.807) is 40.9 Å². The van der Waals surface area contributed by atoms with E-state index in [-0.39, 0.29) is 5.69 Å². The van der Waals surface area contributed by atoms with Crippen LogP contribution < -0.4 is 4.74 Å². The molecule has 0 aromatic carbocycles. The monoisotopic (exact) mass is 313 g/mol. The molecule has 23 heavy (non-hydrogen) atoms. The Morgan fingerprint density at radius 3 is 2.57 bits per heavy atom. The van der Waals surface area contributed by atoms with Gasteiger partial charge in [0.25, 0.3) is 0 Å². The van der Waals surface area contributed by atoms with Crippen molar-refractivity contribution in [2.24, 2.45) is 7.05 Å². The lowest BCUT2D eigenvalue weighted by molar-refractivity contribution is 0.0593. The van der Waals surface area contributed by atoms with Gasteiger partial charge >= 0.3 is 5.97 Å². The third-order valence-electron chi connectivity index (χ3n) is 3.25. The van der Waals surface area contributed by atoms with Gasteiger partial charge in [-0.3, -0.25) is 4.68 Å². The molecule has 0 aliphatic rings. The number of hydrogen-bond acceptors (Lipinski definition) is 6. The van der Waals surface area contributed by atoms with Crippen LogP contribution in [0.1, 0.15) is 10.5 Å². The van der Waals surface area contributed by atoms with Crippen molar-refractivity contribution >= 4 is 5.97 Å². The van der Waals surface area contributed by atoms with Gasteiger partial charge in [-0.1, -0.05) is 0 Å². The highest BCUT2D eigenvalue weighted by atomic mass is 16.5. The number of aromatic nitrogens is 5. The molecule has 0 spiro atoms. The van der Waals surface area contributed by atoms with Gasteiger partial charge in [-0.25, -0.2) is 14.5 Å². The Morgan fingerprint density at radius 2 is 2.00 bits per heavy atom. The molecule has 8 nitrogen and oxygen atoms in total. The zero-order chi connectivity index (χ0) is 16.4. The molecule has 3 rings (SSSR count). The lowest BCUT2D eigenvalue weighted by Crippen LogP contribution is -2.05. The summed E-state index contributed by atoms with van der Waals surface area (Å²) in [7, 11) is 4.68. The molecule has 0 aliphatic heterocycles. The highest BCUT2D eigenvalue weighted by molar-refractivity contribution is 5.88. The summed E-state index contributed by atoms with van der Waals surface area (Å²) in [5.74, 6) is -0.0177. The largest absolute Gasteiger partial charge is 0.481 e. The summed E-state index contributed by atoms with van der Waals surface area (Å²) in [6.45, 7) is 0. The van der Waals surface area contributed by atoms with Gasteiger partial charge in [0.05, 0.1) is 31.8 Å². The van der Waals surface area contributed by atoms with Crippen molar-refractivity contribution in [3.63, 3.8) is 0 Å². The molecule has 3 aromatic heterocycles. The van der Waals surface area contributed by atoms with E-state index in [0.29, 0.717) is 23.0 Å². The molecule has 0 N–H and O–H groups in total. The summed E-state index contributed by atoms with van der Waals surface area (Å²) < 4.78 is 13.1. The molecule has 0 radical (unpaired) electrons. The number of pyridine rings is 1. The minimum atomic E-state index is -0.512. The molecule has 0 saturated carbocycles. The summed E-state index contributed by atoms with van der Waals surface area (Å²) in [4.78, 5) is 16.0. The number of carbonyl (C=O) groups is 1. The average Bonchev–Trinajstić information content (AvgIpc) is 3.20. The lowest BCUT2D eigenvalue weighted by atomic mass is 10.2. The molecule has 0 atom stereocenters. The summed E-state index contributed by atoms with van der Waals surface area (Å²) in [6.07, 6.45) is 3.43. The minimum absolute atomic E-state index is 0.198. The number of hydrogen-bond donors (Lipinski definition) is 0. The van der Waals surface area contributed by atoms with Gasteiger partial charge in [0, 0.05) is 25.4 Å². The van der Waals surface area contributed by atoms with Gasteiger partial charge in [-0.2, -0.15) is 10.2 Å². The summed E-state index contributed by atoms with van der Waals surface area (Å²) >= 11 is 0. The maximum absolute atomic E-state index is 11.8. The third-order valence-corrected chi connectivity index (χ3v) is 3.25. The molecule has 8 heteroatoms. The van der Waals surface area contributed by atoms with E-state index in [4.69, 9.17) is 9.47 Å². The molecule has 118 valence electrons. The standard InChI is InChI=1S/C15H15N5O3/c1-19-7-6-11(17-19)13-8-12(15(21)23-3)18-20(13)10-4-5-14(22-2)16-9-10/h4-9H,1-3H3. The van der Waals surface area contributed by atoms with Gasteiger partial charge in [-0.15, -0.1) is 0 Å². The molecule has 0 amide bonds. The number of ether oxygens (including phenoxy) is 2. The number of esters is 1. The number of rotatable bonds is 4. The van der Waals surface area contributed by atoms with Crippen LogP contribution in [0.5, 0.6) is 5.88 Å². The fourth-order valence-corrected chi connectivity index (χ4v) is 2.13. The van der Waals surface area contributed by atoms with Crippen LogP contribution in [0, 0.1) is 0 Å². The molecule has 0 bridgehead atoms. The second-order valence-electron chi connectivity index (χ2n) is 4.75. The number of nitrogens with zero attached hydrogens (tertiary/aromatic N) is 5. The zero-order valence-corrected chi connectivity index (χ0v) is 12.9. The van der Waals surface area contributed by atoms with E-state index >= 15 is 0 Å². The van der Waals surface area contributed by atoms with E-state index < -0.39 is 5.97 Å². The van der Waals surface area contributed by atoms with E-state index in [1.807, 2.05) is 19.3 Å². The summed E-state index contributed by atoms with van der Waals surface area (Å²) in [6, 6.07) is 6.99. The molecular weight excluding hydrogens is 298 g/mol. The van der Waals surface area contributed by atoms with E-state index in [0.717, 1.165) is 0 Å². The van der Waals surface area contributed by atoms with Gasteiger partial charge in [0.15, 0.2) is 5.69 Å². The van der Waals surface area contributed by atoms with Crippen molar-refractivity contribution in [3.8, 4) is 23.0 Å². The van der Waals surface area contributed by atoms with Crippen LogP contribution in [0.3, 0.4) is 0 Å². The van der Waals surface area contributed by atoms with Crippen LogP contribution in [-0.4, -0.2) is 44.7 Å². The molecule has 0 aliphatic carbocycles. The lowest BCUT2D eigenvalue weighted by Gasteiger charge is -2.06. The van der Waals surface area contributed by atoms with Gasteiger partial charge < -0.3 is 9.47 Å². The molecule has 0 fully saturated rings. The Morgan fingerprint density at radius 1 is 1.17 bits per heavy atom. The van der Waals surface area contributed by atoms with Gasteiger partial charge in [0.1, 0.15) is 5.69 Å². The Hall–Kier alpha value is -3.16. The summed E-state index contributed by atoms with van der Waals surface area (Å²) in [5.41, 5.74) is 2.23. The molecule has 3 heterocycles. The number of methoxy groups -OCH3 is 2. The average molecular weight is 313 g/mol. The summed E-state index contributed by atoms with van der Waals surface area (Å²) in [5, 5.41) is 8.66. The SMILES string of the molecule is COC(=O)c1cc(-c2ccn(C)n2)n(-c2ccc(OC)nc2)n1. The highest BCUT2D eigenvalue weighted by Crippen LogP contribution is 2.23. The van der Waals surface area contributed by atoms with Crippen molar-refractivity contribution in [2.75, 3.05) is 14.2 Å². The van der Waals surface area contributed by atoms with Gasteiger partial charge in [0.2, 0.25) is 5.88 Å². The predicted molar refractivity (Wildman–Crippen MR) is 81.5 cm³/mol. The number of carbonyl (C=O) groups excluding carboxylic acids is 1. The second-order valence-corrected chi connectivity index (χ2v) is 4.75. The Kier molecular flexibility index (Phi) is 3.80. The Bertz CT molecular complexity index is 835. The first-order valence-corrected chi connectivity index (χ1v) is 6.81. The van der Waals surface area contributed by atoms with Crippen molar-refractivity contribution in [1.29, 1.82) is 0 Å². The maximum atomic E-state index is 11.8. The Labute approximate surface area is 132 Å². The Balaban J connectivity index is 2.12.